The van der Waals surface area contributed by atoms with E-state index in [0.29, 0.717) is 16.9 Å². The van der Waals surface area contributed by atoms with E-state index in [1.165, 1.54) is 19.2 Å². The summed E-state index contributed by atoms with van der Waals surface area (Å²) in [7, 11) is 1.31. The van der Waals surface area contributed by atoms with Gasteiger partial charge in [0.15, 0.2) is 0 Å². The van der Waals surface area contributed by atoms with Gasteiger partial charge in [-0.25, -0.2) is 4.79 Å². The summed E-state index contributed by atoms with van der Waals surface area (Å²) in [6.45, 7) is 3.71. The highest BCUT2D eigenvalue weighted by Crippen LogP contribution is 2.21. The summed E-state index contributed by atoms with van der Waals surface area (Å²) in [4.78, 5) is 11.3. The molecule has 4 nitrogen and oxygen atoms in total. The van der Waals surface area contributed by atoms with E-state index in [1.807, 2.05) is 19.9 Å². The molecule has 0 amide bonds. The average molecular weight is 219 g/mol. The molecule has 1 aromatic rings. The Labute approximate surface area is 94.4 Å². The van der Waals surface area contributed by atoms with E-state index in [9.17, 15) is 4.79 Å². The van der Waals surface area contributed by atoms with Gasteiger partial charge in [0.2, 0.25) is 0 Å². The standard InChI is InChI=1S/C12H13NO3/c1-8(2)16-11-6-9(12(14)15-3)4-5-10(11)7-13/h4-6,8H,1-3H3. The molecule has 0 saturated carbocycles. The van der Waals surface area contributed by atoms with E-state index in [1.54, 1.807) is 6.07 Å². The predicted molar refractivity (Wildman–Crippen MR) is 58.3 cm³/mol. The number of hydrogen-bond donors (Lipinski definition) is 0. The van der Waals surface area contributed by atoms with Crippen LogP contribution in [0.2, 0.25) is 0 Å². The second kappa shape index (κ2) is 5.17. The molecular weight excluding hydrogens is 206 g/mol. The Morgan fingerprint density at radius 2 is 2.12 bits per heavy atom. The number of ether oxygens (including phenoxy) is 2. The zero-order chi connectivity index (χ0) is 12.1. The number of methoxy groups -OCH3 is 1. The van der Waals surface area contributed by atoms with Crippen molar-refractivity contribution >= 4 is 5.97 Å². The zero-order valence-corrected chi connectivity index (χ0v) is 9.48. The quantitative estimate of drug-likeness (QED) is 0.731. The normalized spacial score (nSPS) is 9.69. The summed E-state index contributed by atoms with van der Waals surface area (Å²) in [6, 6.07) is 6.61. The Kier molecular flexibility index (Phi) is 3.90. The fourth-order valence-corrected chi connectivity index (χ4v) is 1.21. The minimum Gasteiger partial charge on any atom is -0.490 e. The predicted octanol–water partition coefficient (Wildman–Crippen LogP) is 2.13. The van der Waals surface area contributed by atoms with Gasteiger partial charge in [0.25, 0.3) is 0 Å². The first-order valence-corrected chi connectivity index (χ1v) is 4.87. The van der Waals surface area contributed by atoms with Crippen molar-refractivity contribution in [2.24, 2.45) is 0 Å². The largest absolute Gasteiger partial charge is 0.490 e. The van der Waals surface area contributed by atoms with Crippen LogP contribution in [0, 0.1) is 11.3 Å². The first-order valence-electron chi connectivity index (χ1n) is 4.87. The minimum atomic E-state index is -0.446. The topological polar surface area (TPSA) is 59.3 Å². The van der Waals surface area contributed by atoms with Gasteiger partial charge in [-0.1, -0.05) is 0 Å². The Hall–Kier alpha value is -2.02. The van der Waals surface area contributed by atoms with Crippen molar-refractivity contribution < 1.29 is 14.3 Å². The molecule has 0 saturated heterocycles. The number of rotatable bonds is 3. The molecule has 1 aromatic carbocycles. The summed E-state index contributed by atoms with van der Waals surface area (Å²) in [5.74, 6) is -0.0431. The molecule has 16 heavy (non-hydrogen) atoms. The third kappa shape index (κ3) is 2.74. The van der Waals surface area contributed by atoms with Gasteiger partial charge in [0.05, 0.1) is 24.3 Å². The maximum atomic E-state index is 11.3. The summed E-state index contributed by atoms with van der Waals surface area (Å²) < 4.78 is 10.0. The number of nitriles is 1. The molecule has 84 valence electrons. The fourth-order valence-electron chi connectivity index (χ4n) is 1.21. The number of nitrogens with zero attached hydrogens (tertiary/aromatic N) is 1. The van der Waals surface area contributed by atoms with Crippen LogP contribution in [0.1, 0.15) is 29.8 Å². The first-order chi connectivity index (χ1) is 7.58. The van der Waals surface area contributed by atoms with Crippen molar-refractivity contribution in [3.8, 4) is 11.8 Å². The van der Waals surface area contributed by atoms with E-state index >= 15 is 0 Å². The van der Waals surface area contributed by atoms with Crippen molar-refractivity contribution in [2.45, 2.75) is 20.0 Å². The summed E-state index contributed by atoms with van der Waals surface area (Å²) in [5.41, 5.74) is 0.776. The molecule has 0 heterocycles. The molecule has 1 rings (SSSR count). The van der Waals surface area contributed by atoms with Gasteiger partial charge >= 0.3 is 5.97 Å². The van der Waals surface area contributed by atoms with Crippen LogP contribution in [0.5, 0.6) is 5.75 Å². The van der Waals surface area contributed by atoms with Crippen molar-refractivity contribution in [1.29, 1.82) is 5.26 Å². The number of carbonyl (C=O) groups is 1. The number of hydrogen-bond acceptors (Lipinski definition) is 4. The zero-order valence-electron chi connectivity index (χ0n) is 9.48. The average Bonchev–Trinajstić information content (AvgIpc) is 2.27. The van der Waals surface area contributed by atoms with E-state index in [0.717, 1.165) is 0 Å². The maximum absolute atomic E-state index is 11.3. The molecule has 0 aliphatic heterocycles. The van der Waals surface area contributed by atoms with E-state index < -0.39 is 5.97 Å². The molecule has 0 N–H and O–H groups in total. The third-order valence-electron chi connectivity index (χ3n) is 1.89. The van der Waals surface area contributed by atoms with Gasteiger partial charge in [0, 0.05) is 0 Å². The second-order valence-electron chi connectivity index (χ2n) is 3.48. The highest BCUT2D eigenvalue weighted by molar-refractivity contribution is 5.90. The maximum Gasteiger partial charge on any atom is 0.337 e. The van der Waals surface area contributed by atoms with Gasteiger partial charge in [-0.15, -0.1) is 0 Å². The number of esters is 1. The lowest BCUT2D eigenvalue weighted by Crippen LogP contribution is -2.08. The van der Waals surface area contributed by atoms with Crippen LogP contribution in [0.4, 0.5) is 0 Å². The van der Waals surface area contributed by atoms with Crippen LogP contribution < -0.4 is 4.74 Å². The van der Waals surface area contributed by atoms with Crippen LogP contribution in [0.15, 0.2) is 18.2 Å². The van der Waals surface area contributed by atoms with Crippen LogP contribution in [-0.2, 0) is 4.74 Å². The van der Waals surface area contributed by atoms with Crippen molar-refractivity contribution in [3.63, 3.8) is 0 Å². The summed E-state index contributed by atoms with van der Waals surface area (Å²) in [6.07, 6.45) is -0.0556. The summed E-state index contributed by atoms with van der Waals surface area (Å²) in [5, 5.41) is 8.87. The highest BCUT2D eigenvalue weighted by atomic mass is 16.5. The molecule has 0 aliphatic rings. The third-order valence-corrected chi connectivity index (χ3v) is 1.89. The monoisotopic (exact) mass is 219 g/mol. The smallest absolute Gasteiger partial charge is 0.337 e. The van der Waals surface area contributed by atoms with Crippen LogP contribution in [0.25, 0.3) is 0 Å². The molecule has 0 spiro atoms. The molecular formula is C12H13NO3. The van der Waals surface area contributed by atoms with Crippen LogP contribution in [0.3, 0.4) is 0 Å². The molecule has 0 fully saturated rings. The van der Waals surface area contributed by atoms with Crippen molar-refractivity contribution in [2.75, 3.05) is 7.11 Å². The first kappa shape index (κ1) is 12.1. The lowest BCUT2D eigenvalue weighted by atomic mass is 10.1. The Bertz CT molecular complexity index is 432. The van der Waals surface area contributed by atoms with Crippen molar-refractivity contribution in [3.05, 3.63) is 29.3 Å². The molecule has 0 aromatic heterocycles. The SMILES string of the molecule is COC(=O)c1ccc(C#N)c(OC(C)C)c1. The number of carbonyl (C=O) groups excluding carboxylic acids is 1. The van der Waals surface area contributed by atoms with Gasteiger partial charge in [-0.3, -0.25) is 0 Å². The lowest BCUT2D eigenvalue weighted by Gasteiger charge is -2.11. The molecule has 4 heteroatoms. The second-order valence-corrected chi connectivity index (χ2v) is 3.48. The lowest BCUT2D eigenvalue weighted by molar-refractivity contribution is 0.0600. The minimum absolute atomic E-state index is 0.0556. The molecule has 0 bridgehead atoms. The molecule has 0 aliphatic carbocycles. The van der Waals surface area contributed by atoms with Crippen LogP contribution >= 0.6 is 0 Å². The Morgan fingerprint density at radius 1 is 1.44 bits per heavy atom. The molecule has 0 atom stereocenters. The Balaban J connectivity index is 3.12. The molecule has 0 unspecified atom stereocenters. The van der Waals surface area contributed by atoms with E-state index in [-0.39, 0.29) is 6.10 Å². The fraction of sp³-hybridized carbons (Fsp3) is 0.333. The number of benzene rings is 1. The summed E-state index contributed by atoms with van der Waals surface area (Å²) >= 11 is 0. The van der Waals surface area contributed by atoms with Gasteiger partial charge in [-0.2, -0.15) is 5.26 Å². The van der Waals surface area contributed by atoms with E-state index in [4.69, 9.17) is 10.00 Å². The van der Waals surface area contributed by atoms with E-state index in [2.05, 4.69) is 4.74 Å². The van der Waals surface area contributed by atoms with Gasteiger partial charge < -0.3 is 9.47 Å². The molecule has 0 radical (unpaired) electrons. The van der Waals surface area contributed by atoms with Crippen molar-refractivity contribution in [1.82, 2.24) is 0 Å². The van der Waals surface area contributed by atoms with Crippen LogP contribution in [-0.4, -0.2) is 19.2 Å². The Morgan fingerprint density at radius 3 is 2.62 bits per heavy atom. The highest BCUT2D eigenvalue weighted by Gasteiger charge is 2.11. The van der Waals surface area contributed by atoms with Gasteiger partial charge in [0.1, 0.15) is 11.8 Å². The van der Waals surface area contributed by atoms with Gasteiger partial charge in [-0.05, 0) is 32.0 Å².